The molecule has 1 amide bonds. The molecule has 0 unspecified atom stereocenters. The van der Waals surface area contributed by atoms with Crippen molar-refractivity contribution in [2.45, 2.75) is 0 Å². The third-order valence-corrected chi connectivity index (χ3v) is 3.74. The van der Waals surface area contributed by atoms with Crippen LogP contribution < -0.4 is 10.2 Å². The minimum Gasteiger partial charge on any atom is -0.478 e. The summed E-state index contributed by atoms with van der Waals surface area (Å²) in [6, 6.07) is 12.2. The number of rotatable bonds is 2. The Kier molecular flexibility index (Phi) is 3.39. The maximum atomic E-state index is 11.9. The lowest BCUT2D eigenvalue weighted by atomic mass is 10.1. The summed E-state index contributed by atoms with van der Waals surface area (Å²) >= 11 is 3.35. The molecule has 1 heterocycles. The molecule has 0 saturated heterocycles. The van der Waals surface area contributed by atoms with Crippen molar-refractivity contribution >= 4 is 44.9 Å². The normalized spacial score (nSPS) is 13.6. The highest BCUT2D eigenvalue weighted by atomic mass is 79.9. The molecule has 2 aromatic rings. The van der Waals surface area contributed by atoms with Crippen LogP contribution in [0.2, 0.25) is 0 Å². The predicted molar refractivity (Wildman–Crippen MR) is 83.2 cm³/mol. The van der Waals surface area contributed by atoms with Crippen LogP contribution in [0.1, 0.15) is 10.4 Å². The van der Waals surface area contributed by atoms with Crippen LogP contribution >= 0.6 is 15.9 Å². The summed E-state index contributed by atoms with van der Waals surface area (Å²) in [4.78, 5) is 25.0. The Labute approximate surface area is 129 Å². The van der Waals surface area contributed by atoms with Gasteiger partial charge in [-0.15, -0.1) is 0 Å². The van der Waals surface area contributed by atoms with E-state index in [0.29, 0.717) is 11.4 Å². The first kappa shape index (κ1) is 13.6. The van der Waals surface area contributed by atoms with Gasteiger partial charge in [0.25, 0.3) is 0 Å². The van der Waals surface area contributed by atoms with Gasteiger partial charge in [0.2, 0.25) is 5.91 Å². The highest BCUT2D eigenvalue weighted by molar-refractivity contribution is 9.10. The van der Waals surface area contributed by atoms with Crippen molar-refractivity contribution < 1.29 is 14.7 Å². The molecule has 0 bridgehead atoms. The number of hydrogen-bond acceptors (Lipinski definition) is 3. The molecule has 0 radical (unpaired) electrons. The van der Waals surface area contributed by atoms with Gasteiger partial charge in [0, 0.05) is 4.47 Å². The number of nitrogens with one attached hydrogen (secondary N) is 1. The van der Waals surface area contributed by atoms with Crippen molar-refractivity contribution in [3.63, 3.8) is 0 Å². The molecule has 0 atom stereocenters. The molecule has 21 heavy (non-hydrogen) atoms. The number of amides is 1. The van der Waals surface area contributed by atoms with E-state index in [0.717, 1.165) is 10.2 Å². The largest absolute Gasteiger partial charge is 0.478 e. The number of aromatic carboxylic acids is 1. The van der Waals surface area contributed by atoms with Crippen LogP contribution in [0.15, 0.2) is 46.9 Å². The number of benzene rings is 2. The first-order valence-corrected chi connectivity index (χ1v) is 7.05. The van der Waals surface area contributed by atoms with Crippen LogP contribution in [-0.4, -0.2) is 23.5 Å². The van der Waals surface area contributed by atoms with E-state index in [-0.39, 0.29) is 18.0 Å². The Morgan fingerprint density at radius 1 is 1.19 bits per heavy atom. The molecule has 6 heteroatoms. The molecule has 0 saturated carbocycles. The van der Waals surface area contributed by atoms with E-state index in [9.17, 15) is 14.7 Å². The minimum absolute atomic E-state index is 0.0771. The molecular formula is C15H11BrN2O3. The number of halogens is 1. The van der Waals surface area contributed by atoms with Crippen LogP contribution in [0.4, 0.5) is 17.1 Å². The Hall–Kier alpha value is -2.34. The first-order chi connectivity index (χ1) is 10.1. The summed E-state index contributed by atoms with van der Waals surface area (Å²) < 4.78 is 0.756. The van der Waals surface area contributed by atoms with Gasteiger partial charge < -0.3 is 15.3 Å². The predicted octanol–water partition coefficient (Wildman–Crippen LogP) is 3.24. The van der Waals surface area contributed by atoms with Crippen molar-refractivity contribution in [1.82, 2.24) is 0 Å². The zero-order chi connectivity index (χ0) is 15.0. The smallest absolute Gasteiger partial charge is 0.337 e. The fourth-order valence-corrected chi connectivity index (χ4v) is 2.71. The number of carbonyl (C=O) groups excluding carboxylic acids is 1. The highest BCUT2D eigenvalue weighted by Crippen LogP contribution is 2.37. The number of carboxylic acid groups (broad SMARTS) is 1. The van der Waals surface area contributed by atoms with E-state index in [1.54, 1.807) is 23.1 Å². The van der Waals surface area contributed by atoms with Gasteiger partial charge in [0.05, 0.1) is 22.6 Å². The van der Waals surface area contributed by atoms with Gasteiger partial charge in [-0.1, -0.05) is 28.1 Å². The second kappa shape index (κ2) is 5.21. The number of carboxylic acids is 1. The molecule has 2 N–H and O–H groups in total. The second-order valence-corrected chi connectivity index (χ2v) is 5.53. The maximum absolute atomic E-state index is 11.9. The fourth-order valence-electron chi connectivity index (χ4n) is 2.36. The molecule has 1 aliphatic rings. The Morgan fingerprint density at radius 2 is 1.95 bits per heavy atom. The molecule has 0 aromatic heterocycles. The monoisotopic (exact) mass is 346 g/mol. The SMILES string of the molecule is O=C1CN(c2cc(Br)ccc2C(=O)O)c2ccccc2N1. The van der Waals surface area contributed by atoms with Crippen molar-refractivity contribution in [2.24, 2.45) is 0 Å². The number of anilines is 3. The van der Waals surface area contributed by atoms with E-state index >= 15 is 0 Å². The van der Waals surface area contributed by atoms with Crippen LogP contribution in [-0.2, 0) is 4.79 Å². The average molecular weight is 347 g/mol. The molecule has 0 aliphatic carbocycles. The zero-order valence-electron chi connectivity index (χ0n) is 10.8. The lowest BCUT2D eigenvalue weighted by Gasteiger charge is -2.31. The van der Waals surface area contributed by atoms with Gasteiger partial charge in [0.15, 0.2) is 0 Å². The quantitative estimate of drug-likeness (QED) is 0.875. The molecule has 3 rings (SSSR count). The summed E-state index contributed by atoms with van der Waals surface area (Å²) in [5.41, 5.74) is 2.09. The van der Waals surface area contributed by atoms with Crippen molar-refractivity contribution in [3.05, 3.63) is 52.5 Å². The van der Waals surface area contributed by atoms with E-state index in [1.807, 2.05) is 18.2 Å². The fraction of sp³-hybridized carbons (Fsp3) is 0.0667. The van der Waals surface area contributed by atoms with Gasteiger partial charge in [-0.05, 0) is 30.3 Å². The molecule has 5 nitrogen and oxygen atoms in total. The van der Waals surface area contributed by atoms with Gasteiger partial charge in [-0.2, -0.15) is 0 Å². The number of nitrogens with zero attached hydrogens (tertiary/aromatic N) is 1. The van der Waals surface area contributed by atoms with E-state index in [4.69, 9.17) is 0 Å². The van der Waals surface area contributed by atoms with E-state index < -0.39 is 5.97 Å². The van der Waals surface area contributed by atoms with Crippen molar-refractivity contribution in [1.29, 1.82) is 0 Å². The number of hydrogen-bond donors (Lipinski definition) is 2. The first-order valence-electron chi connectivity index (χ1n) is 6.25. The van der Waals surface area contributed by atoms with Crippen molar-refractivity contribution in [2.75, 3.05) is 16.8 Å². The molecular weight excluding hydrogens is 336 g/mol. The van der Waals surface area contributed by atoms with E-state index in [2.05, 4.69) is 21.2 Å². The molecule has 106 valence electrons. The van der Waals surface area contributed by atoms with Crippen LogP contribution in [0.5, 0.6) is 0 Å². The lowest BCUT2D eigenvalue weighted by molar-refractivity contribution is -0.115. The van der Waals surface area contributed by atoms with Gasteiger partial charge in [-0.3, -0.25) is 4.79 Å². The number of fused-ring (bicyclic) bond motifs is 1. The summed E-state index contributed by atoms with van der Waals surface area (Å²) in [6.45, 7) is 0.0771. The van der Waals surface area contributed by atoms with Crippen molar-refractivity contribution in [3.8, 4) is 0 Å². The summed E-state index contributed by atoms with van der Waals surface area (Å²) in [5, 5.41) is 12.1. The van der Waals surface area contributed by atoms with E-state index in [1.165, 1.54) is 6.07 Å². The Bertz CT molecular complexity index is 745. The standard InChI is InChI=1S/C15H11BrN2O3/c16-9-5-6-10(15(20)21)13(7-9)18-8-14(19)17-11-3-1-2-4-12(11)18/h1-7H,8H2,(H,17,19)(H,20,21). The van der Waals surface area contributed by atoms with Crippen LogP contribution in [0.3, 0.4) is 0 Å². The third-order valence-electron chi connectivity index (χ3n) is 3.25. The van der Waals surface area contributed by atoms with Gasteiger partial charge >= 0.3 is 5.97 Å². The number of para-hydroxylation sites is 2. The minimum atomic E-state index is -1.03. The topological polar surface area (TPSA) is 69.6 Å². The highest BCUT2D eigenvalue weighted by Gasteiger charge is 2.26. The third kappa shape index (κ3) is 2.50. The maximum Gasteiger partial charge on any atom is 0.337 e. The molecule has 2 aromatic carbocycles. The summed E-state index contributed by atoms with van der Waals surface area (Å²) in [6.07, 6.45) is 0. The van der Waals surface area contributed by atoms with Gasteiger partial charge in [0.1, 0.15) is 6.54 Å². The zero-order valence-corrected chi connectivity index (χ0v) is 12.4. The summed E-state index contributed by atoms with van der Waals surface area (Å²) in [5.74, 6) is -1.20. The second-order valence-electron chi connectivity index (χ2n) is 4.62. The van der Waals surface area contributed by atoms with Crippen LogP contribution in [0, 0.1) is 0 Å². The molecule has 1 aliphatic heterocycles. The van der Waals surface area contributed by atoms with Crippen LogP contribution in [0.25, 0.3) is 0 Å². The summed E-state index contributed by atoms with van der Waals surface area (Å²) in [7, 11) is 0. The average Bonchev–Trinajstić information content (AvgIpc) is 2.45. The molecule has 0 spiro atoms. The Balaban J connectivity index is 2.19. The number of carbonyl (C=O) groups is 2. The van der Waals surface area contributed by atoms with Gasteiger partial charge in [-0.25, -0.2) is 4.79 Å². The lowest BCUT2D eigenvalue weighted by Crippen LogP contribution is -2.35. The molecule has 0 fully saturated rings. The Morgan fingerprint density at radius 3 is 2.71 bits per heavy atom.